The first-order valence-corrected chi connectivity index (χ1v) is 5.36. The lowest BCUT2D eigenvalue weighted by molar-refractivity contribution is 0.961. The fourth-order valence-corrected chi connectivity index (χ4v) is 2.45. The van der Waals surface area contributed by atoms with Gasteiger partial charge in [0.05, 0.1) is 0 Å². The number of aryl methyl sites for hydroxylation is 1. The molecule has 0 radical (unpaired) electrons. The van der Waals surface area contributed by atoms with Crippen LogP contribution >= 0.6 is 11.3 Å². The zero-order chi connectivity index (χ0) is 9.26. The van der Waals surface area contributed by atoms with E-state index in [9.17, 15) is 0 Å². The molecule has 0 bridgehead atoms. The molecule has 13 heavy (non-hydrogen) atoms. The van der Waals surface area contributed by atoms with Crippen LogP contribution in [0.5, 0.6) is 0 Å². The first kappa shape index (κ1) is 8.73. The molecule has 1 heterocycles. The van der Waals surface area contributed by atoms with Gasteiger partial charge in [-0.15, -0.1) is 11.3 Å². The van der Waals surface area contributed by atoms with Gasteiger partial charge < -0.3 is 5.73 Å². The molecule has 0 aliphatic heterocycles. The van der Waals surface area contributed by atoms with Crippen LogP contribution in [-0.4, -0.2) is 6.54 Å². The molecule has 2 heteroatoms. The maximum absolute atomic E-state index is 5.55. The molecule has 0 aliphatic carbocycles. The van der Waals surface area contributed by atoms with Crippen LogP contribution in [0.1, 0.15) is 11.1 Å². The summed E-state index contributed by atoms with van der Waals surface area (Å²) in [6, 6.07) is 6.68. The van der Waals surface area contributed by atoms with Gasteiger partial charge in [-0.05, 0) is 53.9 Å². The van der Waals surface area contributed by atoms with Crippen molar-refractivity contribution in [2.24, 2.45) is 5.73 Å². The van der Waals surface area contributed by atoms with Crippen molar-refractivity contribution in [2.75, 3.05) is 6.54 Å². The van der Waals surface area contributed by atoms with Gasteiger partial charge in [0, 0.05) is 4.70 Å². The summed E-state index contributed by atoms with van der Waals surface area (Å²) >= 11 is 1.80. The average Bonchev–Trinajstić information content (AvgIpc) is 2.52. The highest BCUT2D eigenvalue weighted by atomic mass is 32.1. The molecule has 0 saturated heterocycles. The number of rotatable bonds is 2. The van der Waals surface area contributed by atoms with Gasteiger partial charge in [0.1, 0.15) is 0 Å². The third-order valence-electron chi connectivity index (χ3n) is 2.32. The summed E-state index contributed by atoms with van der Waals surface area (Å²) in [5.41, 5.74) is 8.30. The summed E-state index contributed by atoms with van der Waals surface area (Å²) in [4.78, 5) is 0. The van der Waals surface area contributed by atoms with Gasteiger partial charge in [-0.2, -0.15) is 0 Å². The van der Waals surface area contributed by atoms with Gasteiger partial charge in [-0.25, -0.2) is 0 Å². The molecule has 0 fully saturated rings. The van der Waals surface area contributed by atoms with Crippen LogP contribution in [0.25, 0.3) is 10.1 Å². The summed E-state index contributed by atoms with van der Waals surface area (Å²) < 4.78 is 1.37. The van der Waals surface area contributed by atoms with E-state index >= 15 is 0 Å². The quantitative estimate of drug-likeness (QED) is 0.776. The fraction of sp³-hybridized carbons (Fsp3) is 0.273. The van der Waals surface area contributed by atoms with Gasteiger partial charge in [-0.3, -0.25) is 0 Å². The van der Waals surface area contributed by atoms with Crippen LogP contribution in [0.3, 0.4) is 0 Å². The number of fused-ring (bicyclic) bond motifs is 1. The van der Waals surface area contributed by atoms with Crippen molar-refractivity contribution in [3.05, 3.63) is 34.7 Å². The summed E-state index contributed by atoms with van der Waals surface area (Å²) in [5, 5.41) is 3.48. The number of benzene rings is 1. The summed E-state index contributed by atoms with van der Waals surface area (Å²) in [6.07, 6.45) is 0.984. The Hall–Kier alpha value is -0.860. The van der Waals surface area contributed by atoms with Crippen molar-refractivity contribution in [2.45, 2.75) is 13.3 Å². The van der Waals surface area contributed by atoms with E-state index < -0.39 is 0 Å². The summed E-state index contributed by atoms with van der Waals surface area (Å²) in [5.74, 6) is 0. The monoisotopic (exact) mass is 191 g/mol. The van der Waals surface area contributed by atoms with Crippen LogP contribution in [0, 0.1) is 6.92 Å². The van der Waals surface area contributed by atoms with Gasteiger partial charge in [0.2, 0.25) is 0 Å². The fourth-order valence-electron chi connectivity index (χ4n) is 1.58. The Morgan fingerprint density at radius 3 is 3.00 bits per heavy atom. The Balaban J connectivity index is 2.56. The third kappa shape index (κ3) is 1.60. The Labute approximate surface area is 82.2 Å². The Kier molecular flexibility index (Phi) is 2.34. The standard InChI is InChI=1S/C11H13NS/c1-8-6-11-10(3-5-13-11)7-9(8)2-4-12/h3,5-7H,2,4,12H2,1H3. The lowest BCUT2D eigenvalue weighted by Crippen LogP contribution is -2.03. The van der Waals surface area contributed by atoms with Crippen molar-refractivity contribution in [3.8, 4) is 0 Å². The number of hydrogen-bond donors (Lipinski definition) is 1. The molecule has 2 rings (SSSR count). The molecule has 0 unspecified atom stereocenters. The molecule has 0 saturated carbocycles. The molecule has 1 aromatic heterocycles. The first-order chi connectivity index (χ1) is 6.31. The highest BCUT2D eigenvalue weighted by Crippen LogP contribution is 2.24. The van der Waals surface area contributed by atoms with E-state index in [2.05, 4.69) is 30.5 Å². The lowest BCUT2D eigenvalue weighted by atomic mass is 10.0. The largest absolute Gasteiger partial charge is 0.330 e. The summed E-state index contributed by atoms with van der Waals surface area (Å²) in [7, 11) is 0. The van der Waals surface area contributed by atoms with Gasteiger partial charge in [-0.1, -0.05) is 6.07 Å². The maximum atomic E-state index is 5.55. The van der Waals surface area contributed by atoms with Crippen LogP contribution in [0.2, 0.25) is 0 Å². The van der Waals surface area contributed by atoms with Crippen molar-refractivity contribution in [3.63, 3.8) is 0 Å². The van der Waals surface area contributed by atoms with Gasteiger partial charge in [0.25, 0.3) is 0 Å². The lowest BCUT2D eigenvalue weighted by Gasteiger charge is -2.03. The van der Waals surface area contributed by atoms with Crippen LogP contribution in [0.4, 0.5) is 0 Å². The van der Waals surface area contributed by atoms with Gasteiger partial charge in [0.15, 0.2) is 0 Å². The SMILES string of the molecule is Cc1cc2sccc2cc1CCN. The summed E-state index contributed by atoms with van der Waals surface area (Å²) in [6.45, 7) is 2.89. The molecule has 0 spiro atoms. The molecule has 2 N–H and O–H groups in total. The van der Waals surface area contributed by atoms with E-state index in [1.54, 1.807) is 11.3 Å². The highest BCUT2D eigenvalue weighted by Gasteiger charge is 2.01. The Morgan fingerprint density at radius 2 is 2.23 bits per heavy atom. The zero-order valence-corrected chi connectivity index (χ0v) is 8.53. The van der Waals surface area contributed by atoms with E-state index in [4.69, 9.17) is 5.73 Å². The topological polar surface area (TPSA) is 26.0 Å². The van der Waals surface area contributed by atoms with E-state index in [1.807, 2.05) is 0 Å². The second-order valence-electron chi connectivity index (χ2n) is 3.28. The number of hydrogen-bond acceptors (Lipinski definition) is 2. The second kappa shape index (κ2) is 3.48. The highest BCUT2D eigenvalue weighted by molar-refractivity contribution is 7.17. The van der Waals surface area contributed by atoms with Crippen LogP contribution < -0.4 is 5.73 Å². The minimum atomic E-state index is 0.733. The molecule has 0 aliphatic rings. The molecule has 68 valence electrons. The van der Waals surface area contributed by atoms with E-state index in [-0.39, 0.29) is 0 Å². The van der Waals surface area contributed by atoms with E-state index in [1.165, 1.54) is 21.2 Å². The molecule has 1 nitrogen and oxygen atoms in total. The van der Waals surface area contributed by atoms with Crippen molar-refractivity contribution in [1.82, 2.24) is 0 Å². The second-order valence-corrected chi connectivity index (χ2v) is 4.22. The maximum Gasteiger partial charge on any atom is 0.0345 e. The molecular weight excluding hydrogens is 178 g/mol. The van der Waals surface area contributed by atoms with Crippen LogP contribution in [0.15, 0.2) is 23.6 Å². The minimum Gasteiger partial charge on any atom is -0.330 e. The predicted octanol–water partition coefficient (Wildman–Crippen LogP) is 2.71. The van der Waals surface area contributed by atoms with Crippen molar-refractivity contribution in [1.29, 1.82) is 0 Å². The molecule has 0 atom stereocenters. The molecular formula is C11H13NS. The smallest absolute Gasteiger partial charge is 0.0345 e. The normalized spacial score (nSPS) is 10.9. The van der Waals surface area contributed by atoms with E-state index in [0.29, 0.717) is 0 Å². The third-order valence-corrected chi connectivity index (χ3v) is 3.20. The average molecular weight is 191 g/mol. The van der Waals surface area contributed by atoms with Gasteiger partial charge >= 0.3 is 0 Å². The number of thiophene rings is 1. The molecule has 0 amide bonds. The zero-order valence-electron chi connectivity index (χ0n) is 7.71. The van der Waals surface area contributed by atoms with Crippen molar-refractivity contribution < 1.29 is 0 Å². The molecule has 2 aromatic rings. The minimum absolute atomic E-state index is 0.733. The molecule has 1 aromatic carbocycles. The Morgan fingerprint density at radius 1 is 1.38 bits per heavy atom. The van der Waals surface area contributed by atoms with Crippen molar-refractivity contribution >= 4 is 21.4 Å². The van der Waals surface area contributed by atoms with E-state index in [0.717, 1.165) is 13.0 Å². The first-order valence-electron chi connectivity index (χ1n) is 4.48. The number of nitrogens with two attached hydrogens (primary N) is 1. The Bertz CT molecular complexity index is 417. The van der Waals surface area contributed by atoms with Crippen LogP contribution in [-0.2, 0) is 6.42 Å². The predicted molar refractivity (Wildman–Crippen MR) is 59.3 cm³/mol.